The summed E-state index contributed by atoms with van der Waals surface area (Å²) in [5.74, 6) is 2.09. The first-order valence-corrected chi connectivity index (χ1v) is 9.48. The van der Waals surface area contributed by atoms with Crippen LogP contribution in [-0.4, -0.2) is 29.7 Å². The molecule has 0 saturated carbocycles. The lowest BCUT2D eigenvalue weighted by molar-refractivity contribution is 0.375. The molecule has 9 heteroatoms. The molecule has 2 aromatic heterocycles. The molecule has 0 saturated heterocycles. The van der Waals surface area contributed by atoms with Gasteiger partial charge in [-0.15, -0.1) is 35.3 Å². The van der Waals surface area contributed by atoms with Gasteiger partial charge in [0, 0.05) is 35.0 Å². The molecule has 0 aliphatic heterocycles. The summed E-state index contributed by atoms with van der Waals surface area (Å²) in [5, 5.41) is 13.2. The number of aliphatic imine (C=N–C) groups is 1. The van der Waals surface area contributed by atoms with Crippen LogP contribution in [0.3, 0.4) is 0 Å². The lowest BCUT2D eigenvalue weighted by Gasteiger charge is -2.14. The number of aromatic nitrogens is 2. The third-order valence-corrected chi connectivity index (χ3v) is 5.13. The van der Waals surface area contributed by atoms with Crippen LogP contribution < -0.4 is 10.6 Å². The summed E-state index contributed by atoms with van der Waals surface area (Å²) >= 11 is 7.76. The second kappa shape index (κ2) is 10.6. The summed E-state index contributed by atoms with van der Waals surface area (Å²) in [5.41, 5.74) is 0.819. The molecular formula is C18H21ClIN5OS. The first-order chi connectivity index (χ1) is 12.7. The molecule has 0 amide bonds. The minimum absolute atomic E-state index is 0. The van der Waals surface area contributed by atoms with Crippen molar-refractivity contribution in [2.45, 2.75) is 19.4 Å². The highest BCUT2D eigenvalue weighted by Gasteiger charge is 2.11. The molecule has 0 aliphatic rings. The lowest BCUT2D eigenvalue weighted by atomic mass is 10.1. The van der Waals surface area contributed by atoms with Crippen LogP contribution >= 0.6 is 46.9 Å². The Labute approximate surface area is 184 Å². The monoisotopic (exact) mass is 517 g/mol. The molecule has 0 radical (unpaired) electrons. The van der Waals surface area contributed by atoms with Crippen molar-refractivity contribution in [1.82, 2.24) is 20.8 Å². The van der Waals surface area contributed by atoms with Crippen LogP contribution in [-0.2, 0) is 6.54 Å². The van der Waals surface area contributed by atoms with E-state index in [1.165, 1.54) is 4.88 Å². The molecule has 3 rings (SSSR count). The first-order valence-electron chi connectivity index (χ1n) is 8.22. The predicted octanol–water partition coefficient (Wildman–Crippen LogP) is 4.54. The Morgan fingerprint density at radius 3 is 2.85 bits per heavy atom. The van der Waals surface area contributed by atoms with Gasteiger partial charge in [0.05, 0.1) is 6.54 Å². The van der Waals surface area contributed by atoms with E-state index in [0.717, 1.165) is 12.1 Å². The van der Waals surface area contributed by atoms with E-state index in [9.17, 15) is 0 Å². The van der Waals surface area contributed by atoms with E-state index in [0.29, 0.717) is 35.2 Å². The number of halogens is 2. The van der Waals surface area contributed by atoms with Crippen LogP contribution in [0.1, 0.15) is 23.6 Å². The Bertz CT molecular complexity index is 868. The molecule has 0 aliphatic carbocycles. The molecule has 144 valence electrons. The second-order valence-corrected chi connectivity index (χ2v) is 7.16. The van der Waals surface area contributed by atoms with Crippen LogP contribution in [0.25, 0.3) is 11.4 Å². The number of nitrogens with zero attached hydrogens (tertiary/aromatic N) is 3. The number of rotatable bonds is 6. The van der Waals surface area contributed by atoms with Crippen molar-refractivity contribution in [3.8, 4) is 11.4 Å². The summed E-state index contributed by atoms with van der Waals surface area (Å²) in [6, 6.07) is 11.6. The van der Waals surface area contributed by atoms with E-state index in [4.69, 9.17) is 16.1 Å². The summed E-state index contributed by atoms with van der Waals surface area (Å²) in [4.78, 5) is 9.95. The van der Waals surface area contributed by atoms with Crippen molar-refractivity contribution in [2.75, 3.05) is 13.6 Å². The summed E-state index contributed by atoms with van der Waals surface area (Å²) in [6.07, 6.45) is 0. The largest absolute Gasteiger partial charge is 0.356 e. The number of benzene rings is 1. The van der Waals surface area contributed by atoms with Crippen LogP contribution in [0.2, 0.25) is 5.02 Å². The number of guanidine groups is 1. The molecule has 1 unspecified atom stereocenters. The fraction of sp³-hybridized carbons (Fsp3) is 0.278. The van der Waals surface area contributed by atoms with Gasteiger partial charge in [0.25, 0.3) is 0 Å². The quantitative estimate of drug-likeness (QED) is 0.285. The maximum Gasteiger partial charge on any atom is 0.246 e. The summed E-state index contributed by atoms with van der Waals surface area (Å²) < 4.78 is 5.29. The average molecular weight is 518 g/mol. The van der Waals surface area contributed by atoms with Crippen LogP contribution in [0.5, 0.6) is 0 Å². The Balaban J connectivity index is 0.00000261. The van der Waals surface area contributed by atoms with Gasteiger partial charge in [-0.1, -0.05) is 41.9 Å². The highest BCUT2D eigenvalue weighted by Crippen LogP contribution is 2.20. The third-order valence-electron chi connectivity index (χ3n) is 3.79. The molecule has 0 fully saturated rings. The summed E-state index contributed by atoms with van der Waals surface area (Å²) in [7, 11) is 1.73. The van der Waals surface area contributed by atoms with Gasteiger partial charge in [0.15, 0.2) is 5.96 Å². The molecule has 1 aromatic carbocycles. The standard InChI is InChI=1S/C18H20ClN5OS.HI/c1-12(15-7-4-8-26-15)10-21-18(20-2)22-11-16-23-17(24-25-16)13-5-3-6-14(19)9-13;/h3-9,12H,10-11H2,1-2H3,(H2,20,21,22);1H. The zero-order valence-electron chi connectivity index (χ0n) is 15.0. The van der Waals surface area contributed by atoms with Crippen LogP contribution in [0.4, 0.5) is 0 Å². The topological polar surface area (TPSA) is 75.3 Å². The summed E-state index contributed by atoms with van der Waals surface area (Å²) in [6.45, 7) is 3.36. The molecule has 6 nitrogen and oxygen atoms in total. The van der Waals surface area contributed by atoms with Gasteiger partial charge in [-0.05, 0) is 23.6 Å². The van der Waals surface area contributed by atoms with Gasteiger partial charge >= 0.3 is 0 Å². The van der Waals surface area contributed by atoms with Gasteiger partial charge in [-0.3, -0.25) is 4.99 Å². The Hall–Kier alpha value is -1.65. The van der Waals surface area contributed by atoms with E-state index in [1.807, 2.05) is 12.1 Å². The smallest absolute Gasteiger partial charge is 0.246 e. The normalized spacial score (nSPS) is 12.3. The Kier molecular flexibility index (Phi) is 8.52. The molecule has 0 spiro atoms. The van der Waals surface area contributed by atoms with Crippen molar-refractivity contribution >= 4 is 52.9 Å². The van der Waals surface area contributed by atoms with E-state index >= 15 is 0 Å². The zero-order chi connectivity index (χ0) is 18.4. The second-order valence-electron chi connectivity index (χ2n) is 5.75. The predicted molar refractivity (Wildman–Crippen MR) is 121 cm³/mol. The highest BCUT2D eigenvalue weighted by atomic mass is 127. The van der Waals surface area contributed by atoms with Gasteiger partial charge in [-0.2, -0.15) is 4.98 Å². The average Bonchev–Trinajstić information content (AvgIpc) is 3.34. The van der Waals surface area contributed by atoms with Gasteiger partial charge in [0.1, 0.15) is 0 Å². The maximum absolute atomic E-state index is 6.00. The minimum atomic E-state index is 0. The number of thiophene rings is 1. The highest BCUT2D eigenvalue weighted by molar-refractivity contribution is 14.0. The fourth-order valence-corrected chi connectivity index (χ4v) is 3.35. The molecule has 0 bridgehead atoms. The molecule has 27 heavy (non-hydrogen) atoms. The van der Waals surface area contributed by atoms with E-state index in [1.54, 1.807) is 30.5 Å². The maximum atomic E-state index is 6.00. The van der Waals surface area contributed by atoms with Crippen molar-refractivity contribution in [2.24, 2.45) is 4.99 Å². The SMILES string of the molecule is CN=C(NCc1nc(-c2cccc(Cl)c2)no1)NCC(C)c1cccs1.I. The molecule has 2 N–H and O–H groups in total. The van der Waals surface area contributed by atoms with Crippen molar-refractivity contribution < 1.29 is 4.52 Å². The van der Waals surface area contributed by atoms with Crippen LogP contribution in [0.15, 0.2) is 51.3 Å². The van der Waals surface area contributed by atoms with Crippen molar-refractivity contribution in [3.63, 3.8) is 0 Å². The molecular weight excluding hydrogens is 497 g/mol. The van der Waals surface area contributed by atoms with Gasteiger partial charge < -0.3 is 15.2 Å². The van der Waals surface area contributed by atoms with Gasteiger partial charge in [-0.25, -0.2) is 0 Å². The van der Waals surface area contributed by atoms with Crippen molar-refractivity contribution in [1.29, 1.82) is 0 Å². The lowest BCUT2D eigenvalue weighted by Crippen LogP contribution is -2.38. The molecule has 3 aromatic rings. The zero-order valence-corrected chi connectivity index (χ0v) is 18.9. The van der Waals surface area contributed by atoms with Crippen LogP contribution in [0, 0.1) is 0 Å². The van der Waals surface area contributed by atoms with Crippen molar-refractivity contribution in [3.05, 3.63) is 57.6 Å². The van der Waals surface area contributed by atoms with Gasteiger partial charge in [0.2, 0.25) is 11.7 Å². The Morgan fingerprint density at radius 1 is 1.30 bits per heavy atom. The minimum Gasteiger partial charge on any atom is -0.356 e. The number of hydrogen-bond donors (Lipinski definition) is 2. The molecule has 1 atom stereocenters. The first kappa shape index (κ1) is 21.6. The Morgan fingerprint density at radius 2 is 2.15 bits per heavy atom. The number of nitrogens with one attached hydrogen (secondary N) is 2. The van der Waals surface area contributed by atoms with E-state index in [2.05, 4.69) is 50.2 Å². The third kappa shape index (κ3) is 6.18. The molecule has 2 heterocycles. The fourth-order valence-electron chi connectivity index (χ4n) is 2.37. The van der Waals surface area contributed by atoms with E-state index < -0.39 is 0 Å². The number of hydrogen-bond acceptors (Lipinski definition) is 5. The van der Waals surface area contributed by atoms with E-state index in [-0.39, 0.29) is 24.0 Å².